The van der Waals surface area contributed by atoms with Crippen LogP contribution in [-0.2, 0) is 10.0 Å². The molecule has 2 aromatic rings. The van der Waals surface area contributed by atoms with Crippen molar-refractivity contribution in [1.82, 2.24) is 10.2 Å². The molecule has 7 heteroatoms. The molecule has 0 unspecified atom stereocenters. The fourth-order valence-electron chi connectivity index (χ4n) is 4.05. The number of benzene rings is 2. The van der Waals surface area contributed by atoms with Gasteiger partial charge in [-0.15, -0.1) is 0 Å². The molecule has 1 saturated carbocycles. The molecule has 0 atom stereocenters. The molecule has 6 nitrogen and oxygen atoms in total. The van der Waals surface area contributed by atoms with Crippen LogP contribution >= 0.6 is 0 Å². The van der Waals surface area contributed by atoms with Crippen LogP contribution in [0.15, 0.2) is 59.5 Å². The molecule has 0 heterocycles. The second-order valence-corrected chi connectivity index (χ2v) is 9.90. The Morgan fingerprint density at radius 3 is 2.27 bits per heavy atom. The second kappa shape index (κ2) is 9.62. The van der Waals surface area contributed by atoms with Gasteiger partial charge in [0.25, 0.3) is 15.9 Å². The maximum absolute atomic E-state index is 12.8. The van der Waals surface area contributed by atoms with E-state index >= 15 is 0 Å². The minimum Gasteiger partial charge on any atom is -0.350 e. The monoisotopic (exact) mass is 429 g/mol. The molecule has 162 valence electrons. The van der Waals surface area contributed by atoms with Gasteiger partial charge in [-0.25, -0.2) is 8.42 Å². The number of amides is 1. The van der Waals surface area contributed by atoms with E-state index < -0.39 is 10.0 Å². The molecule has 0 saturated heterocycles. The third-order valence-corrected chi connectivity index (χ3v) is 7.39. The summed E-state index contributed by atoms with van der Waals surface area (Å²) in [6, 6.07) is 14.8. The molecule has 0 aromatic heterocycles. The highest BCUT2D eigenvalue weighted by atomic mass is 32.2. The first-order valence-corrected chi connectivity index (χ1v) is 11.9. The van der Waals surface area contributed by atoms with E-state index in [1.54, 1.807) is 42.5 Å². The Bertz CT molecular complexity index is 951. The highest BCUT2D eigenvalue weighted by Gasteiger charge is 2.33. The topological polar surface area (TPSA) is 78.5 Å². The minimum atomic E-state index is -3.70. The number of likely N-dealkylation sites (N-methyl/N-ethyl adjacent to an activating group) is 1. The highest BCUT2D eigenvalue weighted by Crippen LogP contribution is 2.30. The van der Waals surface area contributed by atoms with Crippen molar-refractivity contribution >= 4 is 21.6 Å². The zero-order valence-electron chi connectivity index (χ0n) is 17.7. The first-order valence-electron chi connectivity index (χ1n) is 10.5. The maximum atomic E-state index is 12.8. The van der Waals surface area contributed by atoms with E-state index in [4.69, 9.17) is 0 Å². The lowest BCUT2D eigenvalue weighted by atomic mass is 9.88. The molecular formula is C23H31N3O3S. The number of anilines is 1. The third-order valence-electron chi connectivity index (χ3n) is 5.99. The van der Waals surface area contributed by atoms with Crippen LogP contribution in [0.4, 0.5) is 5.69 Å². The van der Waals surface area contributed by atoms with E-state index in [9.17, 15) is 13.2 Å². The molecule has 0 bridgehead atoms. The Labute approximate surface area is 179 Å². The van der Waals surface area contributed by atoms with Gasteiger partial charge in [0.1, 0.15) is 0 Å². The summed E-state index contributed by atoms with van der Waals surface area (Å²) in [5, 5.41) is 3.08. The van der Waals surface area contributed by atoms with Gasteiger partial charge in [0.2, 0.25) is 0 Å². The van der Waals surface area contributed by atoms with Gasteiger partial charge in [-0.05, 0) is 57.3 Å². The van der Waals surface area contributed by atoms with Crippen LogP contribution < -0.4 is 10.0 Å². The maximum Gasteiger partial charge on any atom is 0.261 e. The van der Waals surface area contributed by atoms with Gasteiger partial charge in [0.05, 0.1) is 4.90 Å². The summed E-state index contributed by atoms with van der Waals surface area (Å²) in [5.41, 5.74) is 0.771. The number of nitrogens with one attached hydrogen (secondary N) is 2. The van der Waals surface area contributed by atoms with E-state index in [2.05, 4.69) is 29.0 Å². The van der Waals surface area contributed by atoms with E-state index in [1.807, 2.05) is 0 Å². The first kappa shape index (κ1) is 22.3. The molecule has 1 fully saturated rings. The molecule has 1 amide bonds. The predicted molar refractivity (Wildman–Crippen MR) is 120 cm³/mol. The Morgan fingerprint density at radius 2 is 1.63 bits per heavy atom. The Morgan fingerprint density at radius 1 is 0.967 bits per heavy atom. The summed E-state index contributed by atoms with van der Waals surface area (Å²) < 4.78 is 27.6. The number of rotatable bonds is 7. The second-order valence-electron chi connectivity index (χ2n) is 8.22. The number of hydrogen-bond acceptors (Lipinski definition) is 4. The quantitative estimate of drug-likeness (QED) is 0.655. The molecule has 0 aliphatic heterocycles. The van der Waals surface area contributed by atoms with Crippen molar-refractivity contribution in [3.8, 4) is 0 Å². The number of sulfonamides is 1. The molecule has 0 radical (unpaired) electrons. The van der Waals surface area contributed by atoms with Gasteiger partial charge in [0.15, 0.2) is 0 Å². The largest absolute Gasteiger partial charge is 0.350 e. The van der Waals surface area contributed by atoms with Gasteiger partial charge in [-0.2, -0.15) is 0 Å². The number of nitrogens with zero attached hydrogens (tertiary/aromatic N) is 1. The summed E-state index contributed by atoms with van der Waals surface area (Å²) in [7, 11) is 0.461. The average molecular weight is 430 g/mol. The molecule has 1 aliphatic rings. The van der Waals surface area contributed by atoms with Crippen LogP contribution in [0.1, 0.15) is 48.9 Å². The van der Waals surface area contributed by atoms with Gasteiger partial charge in [0, 0.05) is 23.3 Å². The standard InChI is InChI=1S/C23H31N3O3S/c1-26(2)23(15-8-3-4-9-16-23)18-24-22(27)19-11-10-12-20(17-19)25-30(28,29)21-13-6-5-7-14-21/h5-7,10-14,17,25H,3-4,8-9,15-16,18H2,1-2H3,(H,24,27). The number of carbonyl (C=O) groups excluding carboxylic acids is 1. The number of hydrogen-bond donors (Lipinski definition) is 2. The lowest BCUT2D eigenvalue weighted by Gasteiger charge is -2.39. The Hall–Kier alpha value is -2.38. The highest BCUT2D eigenvalue weighted by molar-refractivity contribution is 7.92. The van der Waals surface area contributed by atoms with Crippen molar-refractivity contribution in [2.24, 2.45) is 0 Å². The van der Waals surface area contributed by atoms with Crippen molar-refractivity contribution < 1.29 is 13.2 Å². The van der Waals surface area contributed by atoms with Gasteiger partial charge in [-0.3, -0.25) is 9.52 Å². The van der Waals surface area contributed by atoms with Crippen LogP contribution in [0, 0.1) is 0 Å². The van der Waals surface area contributed by atoms with E-state index in [1.165, 1.54) is 37.8 Å². The summed E-state index contributed by atoms with van der Waals surface area (Å²) >= 11 is 0. The zero-order valence-corrected chi connectivity index (χ0v) is 18.5. The minimum absolute atomic E-state index is 0.0291. The summed E-state index contributed by atoms with van der Waals surface area (Å²) in [5.74, 6) is -0.193. The fourth-order valence-corrected chi connectivity index (χ4v) is 5.12. The van der Waals surface area contributed by atoms with E-state index in [0.29, 0.717) is 17.8 Å². The first-order chi connectivity index (χ1) is 14.3. The normalized spacial score (nSPS) is 16.6. The molecule has 2 N–H and O–H groups in total. The average Bonchev–Trinajstić information content (AvgIpc) is 2.99. The van der Waals surface area contributed by atoms with Crippen molar-refractivity contribution in [2.45, 2.75) is 49.0 Å². The molecule has 30 heavy (non-hydrogen) atoms. The molecule has 2 aromatic carbocycles. The van der Waals surface area contributed by atoms with Crippen molar-refractivity contribution in [2.75, 3.05) is 25.4 Å². The smallest absolute Gasteiger partial charge is 0.261 e. The summed E-state index contributed by atoms with van der Waals surface area (Å²) in [4.78, 5) is 15.2. The van der Waals surface area contributed by atoms with Crippen LogP contribution in [0.5, 0.6) is 0 Å². The summed E-state index contributed by atoms with van der Waals surface area (Å²) in [6.45, 7) is 0.582. The Balaban J connectivity index is 1.70. The van der Waals surface area contributed by atoms with Crippen LogP contribution in [-0.4, -0.2) is 45.4 Å². The number of carbonyl (C=O) groups is 1. The lowest BCUT2D eigenvalue weighted by molar-refractivity contribution is 0.0869. The van der Waals surface area contributed by atoms with Gasteiger partial charge < -0.3 is 10.2 Å². The van der Waals surface area contributed by atoms with Crippen LogP contribution in [0.3, 0.4) is 0 Å². The fraction of sp³-hybridized carbons (Fsp3) is 0.435. The van der Waals surface area contributed by atoms with Crippen LogP contribution in [0.2, 0.25) is 0 Å². The van der Waals surface area contributed by atoms with Crippen molar-refractivity contribution in [1.29, 1.82) is 0 Å². The van der Waals surface area contributed by atoms with Crippen LogP contribution in [0.25, 0.3) is 0 Å². The van der Waals surface area contributed by atoms with Crippen molar-refractivity contribution in [3.63, 3.8) is 0 Å². The van der Waals surface area contributed by atoms with Gasteiger partial charge in [-0.1, -0.05) is 49.9 Å². The van der Waals surface area contributed by atoms with E-state index in [-0.39, 0.29) is 16.3 Å². The predicted octanol–water partition coefficient (Wildman–Crippen LogP) is 3.87. The third kappa shape index (κ3) is 5.40. The van der Waals surface area contributed by atoms with Gasteiger partial charge >= 0.3 is 0 Å². The lowest BCUT2D eigenvalue weighted by Crippen LogP contribution is -2.52. The SMILES string of the molecule is CN(C)C1(CNC(=O)c2cccc(NS(=O)(=O)c3ccccc3)c2)CCCCCC1. The summed E-state index contributed by atoms with van der Waals surface area (Å²) in [6.07, 6.45) is 6.96. The molecular weight excluding hydrogens is 398 g/mol. The molecule has 3 rings (SSSR count). The van der Waals surface area contributed by atoms with Crippen molar-refractivity contribution in [3.05, 3.63) is 60.2 Å². The van der Waals surface area contributed by atoms with E-state index in [0.717, 1.165) is 12.8 Å². The Kier molecular flexibility index (Phi) is 7.15. The zero-order chi connectivity index (χ0) is 21.6. The molecule has 1 aliphatic carbocycles. The molecule has 0 spiro atoms.